The molecule has 19 heavy (non-hydrogen) atoms. The van der Waals surface area contributed by atoms with Crippen LogP contribution in [-0.2, 0) is 4.79 Å². The van der Waals surface area contributed by atoms with E-state index in [1.54, 1.807) is 13.2 Å². The number of carboxylic acids is 1. The summed E-state index contributed by atoms with van der Waals surface area (Å²) in [6.45, 7) is 0.315. The van der Waals surface area contributed by atoms with Gasteiger partial charge >= 0.3 is 5.97 Å². The van der Waals surface area contributed by atoms with Gasteiger partial charge in [0.1, 0.15) is 5.75 Å². The summed E-state index contributed by atoms with van der Waals surface area (Å²) < 4.78 is 5.12. The minimum atomic E-state index is -0.857. The molecule has 2 rings (SSSR count). The highest BCUT2D eigenvalue weighted by Gasteiger charge is 2.31. The molecule has 0 heterocycles. The number of hydrogen-bond donors (Lipinski definition) is 2. The Bertz CT molecular complexity index is 445. The van der Waals surface area contributed by atoms with Crippen molar-refractivity contribution in [2.24, 2.45) is 0 Å². The van der Waals surface area contributed by atoms with E-state index in [1.807, 2.05) is 23.1 Å². The molecule has 2 N–H and O–H groups in total. The first-order valence-electron chi connectivity index (χ1n) is 6.38. The first-order valence-corrected chi connectivity index (χ1v) is 6.38. The number of methoxy groups -OCH3 is 1. The number of benzene rings is 1. The van der Waals surface area contributed by atoms with Crippen LogP contribution in [0, 0.1) is 0 Å². The fourth-order valence-corrected chi connectivity index (χ4v) is 2.13. The summed E-state index contributed by atoms with van der Waals surface area (Å²) in [4.78, 5) is 12.6. The van der Waals surface area contributed by atoms with Gasteiger partial charge in [0.25, 0.3) is 0 Å². The van der Waals surface area contributed by atoms with Crippen LogP contribution >= 0.6 is 0 Å². The first-order chi connectivity index (χ1) is 9.10. The van der Waals surface area contributed by atoms with Crippen molar-refractivity contribution in [1.29, 1.82) is 0 Å². The molecule has 0 bridgehead atoms. The number of aliphatic hydroxyl groups excluding tert-OH is 1. The second kappa shape index (κ2) is 6.04. The van der Waals surface area contributed by atoms with Crippen LogP contribution in [0.3, 0.4) is 0 Å². The van der Waals surface area contributed by atoms with Gasteiger partial charge in [-0.05, 0) is 30.5 Å². The number of carboxylic acid groups (broad SMARTS) is 1. The molecule has 0 radical (unpaired) electrons. The molecule has 1 aliphatic rings. The number of hydrogen-bond acceptors (Lipinski definition) is 4. The van der Waals surface area contributed by atoms with Gasteiger partial charge in [0, 0.05) is 12.6 Å². The maximum atomic E-state index is 10.8. The van der Waals surface area contributed by atoms with Crippen molar-refractivity contribution < 1.29 is 19.7 Å². The second-order valence-electron chi connectivity index (χ2n) is 4.85. The van der Waals surface area contributed by atoms with Gasteiger partial charge < -0.3 is 14.9 Å². The maximum absolute atomic E-state index is 10.8. The first kappa shape index (κ1) is 13.8. The Morgan fingerprint density at radius 2 is 2.26 bits per heavy atom. The van der Waals surface area contributed by atoms with Gasteiger partial charge in [-0.2, -0.15) is 0 Å². The number of nitrogens with zero attached hydrogens (tertiary/aromatic N) is 1. The van der Waals surface area contributed by atoms with Crippen molar-refractivity contribution in [3.63, 3.8) is 0 Å². The van der Waals surface area contributed by atoms with Crippen LogP contribution in [0.1, 0.15) is 24.5 Å². The smallest absolute Gasteiger partial charge is 0.317 e. The molecule has 0 amide bonds. The summed E-state index contributed by atoms with van der Waals surface area (Å²) in [5.74, 6) is -0.169. The van der Waals surface area contributed by atoms with Crippen molar-refractivity contribution in [2.45, 2.75) is 25.0 Å². The van der Waals surface area contributed by atoms with Crippen molar-refractivity contribution in [1.82, 2.24) is 4.90 Å². The SMILES string of the molecule is COc1cccc(C(O)CN(CC(=O)O)C2CC2)c1. The molecule has 1 saturated carbocycles. The molecular formula is C14H19NO4. The number of rotatable bonds is 7. The van der Waals surface area contributed by atoms with Crippen molar-refractivity contribution >= 4 is 5.97 Å². The lowest BCUT2D eigenvalue weighted by Gasteiger charge is -2.23. The molecule has 1 unspecified atom stereocenters. The number of ether oxygens (including phenoxy) is 1. The van der Waals surface area contributed by atoms with E-state index < -0.39 is 12.1 Å². The third kappa shape index (κ3) is 3.94. The van der Waals surface area contributed by atoms with E-state index in [-0.39, 0.29) is 6.54 Å². The molecule has 1 aliphatic carbocycles. The summed E-state index contributed by atoms with van der Waals surface area (Å²) in [5, 5.41) is 19.1. The summed E-state index contributed by atoms with van der Waals surface area (Å²) >= 11 is 0. The average Bonchev–Trinajstić information content (AvgIpc) is 3.21. The average molecular weight is 265 g/mol. The largest absolute Gasteiger partial charge is 0.497 e. The molecule has 1 fully saturated rings. The molecule has 1 aromatic carbocycles. The normalized spacial score (nSPS) is 16.4. The lowest BCUT2D eigenvalue weighted by atomic mass is 10.1. The van der Waals surface area contributed by atoms with E-state index in [0.29, 0.717) is 18.3 Å². The molecular weight excluding hydrogens is 246 g/mol. The number of aliphatic hydroxyl groups is 1. The molecule has 0 aromatic heterocycles. The highest BCUT2D eigenvalue weighted by molar-refractivity contribution is 5.69. The Hall–Kier alpha value is -1.59. The second-order valence-corrected chi connectivity index (χ2v) is 4.85. The summed E-state index contributed by atoms with van der Waals surface area (Å²) in [6, 6.07) is 7.52. The Balaban J connectivity index is 2.01. The maximum Gasteiger partial charge on any atom is 0.317 e. The van der Waals surface area contributed by atoms with Gasteiger partial charge in [0.05, 0.1) is 19.8 Å². The molecule has 5 heteroatoms. The van der Waals surface area contributed by atoms with Crippen LogP contribution in [0.2, 0.25) is 0 Å². The van der Waals surface area contributed by atoms with Crippen molar-refractivity contribution in [3.8, 4) is 5.75 Å². The van der Waals surface area contributed by atoms with Crippen molar-refractivity contribution in [3.05, 3.63) is 29.8 Å². The minimum absolute atomic E-state index is 0.0221. The summed E-state index contributed by atoms with van der Waals surface area (Å²) in [5.41, 5.74) is 0.746. The van der Waals surface area contributed by atoms with E-state index in [2.05, 4.69) is 0 Å². The van der Waals surface area contributed by atoms with Gasteiger partial charge in [-0.3, -0.25) is 9.69 Å². The predicted molar refractivity (Wildman–Crippen MR) is 70.2 cm³/mol. The topological polar surface area (TPSA) is 70.0 Å². The summed E-state index contributed by atoms with van der Waals surface area (Å²) in [7, 11) is 1.58. The Morgan fingerprint density at radius 1 is 1.53 bits per heavy atom. The molecule has 1 aromatic rings. The molecule has 0 spiro atoms. The molecule has 104 valence electrons. The number of carbonyl (C=O) groups is 1. The standard InChI is InChI=1S/C14H19NO4/c1-19-12-4-2-3-10(7-12)13(16)8-15(9-14(17)18)11-5-6-11/h2-4,7,11,13,16H,5-6,8-9H2,1H3,(H,17,18). The van der Waals surface area contributed by atoms with Crippen LogP contribution in [0.15, 0.2) is 24.3 Å². The Morgan fingerprint density at radius 3 is 2.84 bits per heavy atom. The lowest BCUT2D eigenvalue weighted by molar-refractivity contribution is -0.138. The quantitative estimate of drug-likeness (QED) is 0.777. The molecule has 0 aliphatic heterocycles. The highest BCUT2D eigenvalue weighted by Crippen LogP contribution is 2.29. The van der Waals surface area contributed by atoms with E-state index in [0.717, 1.165) is 18.4 Å². The molecule has 0 saturated heterocycles. The van der Waals surface area contributed by atoms with Gasteiger partial charge in [-0.1, -0.05) is 12.1 Å². The van der Waals surface area contributed by atoms with Gasteiger partial charge in [-0.15, -0.1) is 0 Å². The van der Waals surface area contributed by atoms with E-state index >= 15 is 0 Å². The van der Waals surface area contributed by atoms with Gasteiger partial charge in [0.15, 0.2) is 0 Å². The van der Waals surface area contributed by atoms with E-state index in [9.17, 15) is 9.90 Å². The highest BCUT2D eigenvalue weighted by atomic mass is 16.5. The Labute approximate surface area is 112 Å². The van der Waals surface area contributed by atoms with Crippen LogP contribution in [-0.4, -0.2) is 47.3 Å². The molecule has 1 atom stereocenters. The van der Waals surface area contributed by atoms with Gasteiger partial charge in [-0.25, -0.2) is 0 Å². The zero-order chi connectivity index (χ0) is 13.8. The van der Waals surface area contributed by atoms with Crippen LogP contribution in [0.5, 0.6) is 5.75 Å². The van der Waals surface area contributed by atoms with E-state index in [1.165, 1.54) is 0 Å². The summed E-state index contributed by atoms with van der Waals surface area (Å²) in [6.07, 6.45) is 1.33. The number of aliphatic carboxylic acids is 1. The van der Waals surface area contributed by atoms with Crippen LogP contribution in [0.25, 0.3) is 0 Å². The third-order valence-corrected chi connectivity index (χ3v) is 3.29. The fourth-order valence-electron chi connectivity index (χ4n) is 2.13. The predicted octanol–water partition coefficient (Wildman–Crippen LogP) is 1.28. The monoisotopic (exact) mass is 265 g/mol. The van der Waals surface area contributed by atoms with Crippen molar-refractivity contribution in [2.75, 3.05) is 20.2 Å². The molecule has 5 nitrogen and oxygen atoms in total. The minimum Gasteiger partial charge on any atom is -0.497 e. The lowest BCUT2D eigenvalue weighted by Crippen LogP contribution is -2.35. The third-order valence-electron chi connectivity index (χ3n) is 3.29. The zero-order valence-corrected chi connectivity index (χ0v) is 11.0. The van der Waals surface area contributed by atoms with Gasteiger partial charge in [0.2, 0.25) is 0 Å². The van der Waals surface area contributed by atoms with E-state index in [4.69, 9.17) is 9.84 Å². The zero-order valence-electron chi connectivity index (χ0n) is 11.0. The van der Waals surface area contributed by atoms with Crippen LogP contribution in [0.4, 0.5) is 0 Å². The van der Waals surface area contributed by atoms with Crippen LogP contribution < -0.4 is 4.74 Å². The fraction of sp³-hybridized carbons (Fsp3) is 0.500. The Kier molecular flexibility index (Phi) is 4.39.